The summed E-state index contributed by atoms with van der Waals surface area (Å²) >= 11 is 0. The molecule has 0 spiro atoms. The number of carbonyl (C=O) groups is 2. The first-order valence-corrected chi connectivity index (χ1v) is 7.35. The molecular weight excluding hydrogens is 268 g/mol. The molecule has 2 amide bonds. The highest BCUT2D eigenvalue weighted by atomic mass is 16.4. The Labute approximate surface area is 125 Å². The molecule has 0 bridgehead atoms. The van der Waals surface area contributed by atoms with Crippen molar-refractivity contribution in [3.05, 3.63) is 35.9 Å². The van der Waals surface area contributed by atoms with Gasteiger partial charge in [-0.25, -0.2) is 4.79 Å². The molecule has 1 aromatic rings. The third kappa shape index (κ3) is 4.48. The summed E-state index contributed by atoms with van der Waals surface area (Å²) in [6, 6.07) is 10.1. The van der Waals surface area contributed by atoms with Crippen LogP contribution in [-0.2, 0) is 4.79 Å². The molecule has 0 aliphatic carbocycles. The zero-order valence-electron chi connectivity index (χ0n) is 12.3. The van der Waals surface area contributed by atoms with Crippen LogP contribution in [0.5, 0.6) is 0 Å². The number of hydrogen-bond acceptors (Lipinski definition) is 2. The topological polar surface area (TPSA) is 69.6 Å². The van der Waals surface area contributed by atoms with Crippen LogP contribution in [-0.4, -0.2) is 41.6 Å². The molecule has 5 heteroatoms. The summed E-state index contributed by atoms with van der Waals surface area (Å²) in [5.41, 5.74) is 1.27. The van der Waals surface area contributed by atoms with E-state index in [9.17, 15) is 9.59 Å². The summed E-state index contributed by atoms with van der Waals surface area (Å²) in [5, 5.41) is 11.5. The third-order valence-corrected chi connectivity index (χ3v) is 3.87. The van der Waals surface area contributed by atoms with Crippen molar-refractivity contribution in [2.75, 3.05) is 19.6 Å². The second kappa shape index (κ2) is 7.11. The lowest BCUT2D eigenvalue weighted by atomic mass is 9.99. The quantitative estimate of drug-likeness (QED) is 0.874. The Morgan fingerprint density at radius 2 is 2.10 bits per heavy atom. The summed E-state index contributed by atoms with van der Waals surface area (Å²) < 4.78 is 0. The number of urea groups is 1. The van der Waals surface area contributed by atoms with Crippen molar-refractivity contribution < 1.29 is 14.7 Å². The first-order chi connectivity index (χ1) is 10.1. The minimum Gasteiger partial charge on any atom is -0.481 e. The van der Waals surface area contributed by atoms with Crippen molar-refractivity contribution in [3.8, 4) is 0 Å². The molecule has 1 saturated heterocycles. The Morgan fingerprint density at radius 3 is 2.76 bits per heavy atom. The van der Waals surface area contributed by atoms with Gasteiger partial charge in [-0.15, -0.1) is 0 Å². The Kier molecular flexibility index (Phi) is 5.20. The van der Waals surface area contributed by atoms with E-state index in [0.29, 0.717) is 12.5 Å². The maximum absolute atomic E-state index is 12.1. The zero-order chi connectivity index (χ0) is 15.2. The summed E-state index contributed by atoms with van der Waals surface area (Å²) in [6.07, 6.45) is 1.05. The molecule has 1 fully saturated rings. The van der Waals surface area contributed by atoms with E-state index in [2.05, 4.69) is 17.4 Å². The predicted molar refractivity (Wildman–Crippen MR) is 80.2 cm³/mol. The lowest BCUT2D eigenvalue weighted by molar-refractivity contribution is -0.137. The van der Waals surface area contributed by atoms with Gasteiger partial charge in [-0.2, -0.15) is 0 Å². The fourth-order valence-electron chi connectivity index (χ4n) is 2.69. The maximum atomic E-state index is 12.1. The van der Waals surface area contributed by atoms with E-state index in [1.54, 1.807) is 0 Å². The second-order valence-corrected chi connectivity index (χ2v) is 5.73. The Morgan fingerprint density at radius 1 is 1.38 bits per heavy atom. The van der Waals surface area contributed by atoms with Crippen molar-refractivity contribution in [2.45, 2.75) is 25.7 Å². The van der Waals surface area contributed by atoms with Crippen LogP contribution in [0.15, 0.2) is 30.3 Å². The van der Waals surface area contributed by atoms with E-state index < -0.39 is 5.97 Å². The number of amides is 2. The van der Waals surface area contributed by atoms with Gasteiger partial charge in [0.15, 0.2) is 0 Å². The monoisotopic (exact) mass is 290 g/mol. The second-order valence-electron chi connectivity index (χ2n) is 5.73. The average Bonchev–Trinajstić information content (AvgIpc) is 2.95. The number of carboxylic acid groups (broad SMARTS) is 1. The summed E-state index contributed by atoms with van der Waals surface area (Å²) in [5.74, 6) is -0.491. The Bertz CT molecular complexity index is 490. The van der Waals surface area contributed by atoms with Gasteiger partial charge in [-0.1, -0.05) is 37.3 Å². The van der Waals surface area contributed by atoms with Gasteiger partial charge in [-0.3, -0.25) is 4.79 Å². The van der Waals surface area contributed by atoms with Crippen molar-refractivity contribution in [3.63, 3.8) is 0 Å². The molecule has 5 nitrogen and oxygen atoms in total. The SMILES string of the molecule is CC(CNC(=O)N1CCC(c2ccccc2)C1)CC(=O)O. The molecule has 1 aliphatic rings. The molecule has 2 atom stereocenters. The number of nitrogens with zero attached hydrogens (tertiary/aromatic N) is 1. The minimum atomic E-state index is -0.831. The number of carboxylic acids is 1. The normalized spacial score (nSPS) is 19.3. The lowest BCUT2D eigenvalue weighted by Crippen LogP contribution is -2.40. The fourth-order valence-corrected chi connectivity index (χ4v) is 2.69. The van der Waals surface area contributed by atoms with Crippen molar-refractivity contribution in [1.29, 1.82) is 0 Å². The number of nitrogens with one attached hydrogen (secondary N) is 1. The first-order valence-electron chi connectivity index (χ1n) is 7.35. The molecule has 114 valence electrons. The first kappa shape index (κ1) is 15.4. The lowest BCUT2D eigenvalue weighted by Gasteiger charge is -2.19. The molecule has 0 aromatic heterocycles. The van der Waals surface area contributed by atoms with Crippen LogP contribution < -0.4 is 5.32 Å². The number of likely N-dealkylation sites (tertiary alicyclic amines) is 1. The molecule has 2 unspecified atom stereocenters. The van der Waals surface area contributed by atoms with Gasteiger partial charge in [0.05, 0.1) is 0 Å². The van der Waals surface area contributed by atoms with Gasteiger partial charge in [0.1, 0.15) is 0 Å². The molecule has 1 aromatic carbocycles. The standard InChI is InChI=1S/C16H22N2O3/c1-12(9-15(19)20)10-17-16(21)18-8-7-14(11-18)13-5-3-2-4-6-13/h2-6,12,14H,7-11H2,1H3,(H,17,21)(H,19,20). The van der Waals surface area contributed by atoms with Gasteiger partial charge in [0.2, 0.25) is 0 Å². The molecule has 2 rings (SSSR count). The predicted octanol–water partition coefficient (Wildman–Crippen LogP) is 2.30. The van der Waals surface area contributed by atoms with Gasteiger partial charge < -0.3 is 15.3 Å². The van der Waals surface area contributed by atoms with Crippen LogP contribution in [0, 0.1) is 5.92 Å². The number of rotatable bonds is 5. The van der Waals surface area contributed by atoms with Crippen LogP contribution in [0.25, 0.3) is 0 Å². The van der Waals surface area contributed by atoms with Crippen molar-refractivity contribution >= 4 is 12.0 Å². The molecule has 21 heavy (non-hydrogen) atoms. The number of carbonyl (C=O) groups excluding carboxylic acids is 1. The molecule has 1 heterocycles. The number of benzene rings is 1. The van der Waals surface area contributed by atoms with Crippen LogP contribution in [0.4, 0.5) is 4.79 Å². The zero-order valence-corrected chi connectivity index (χ0v) is 12.3. The Balaban J connectivity index is 1.78. The number of hydrogen-bond donors (Lipinski definition) is 2. The number of aliphatic carboxylic acids is 1. The molecule has 0 saturated carbocycles. The van der Waals surface area contributed by atoms with E-state index in [0.717, 1.165) is 19.5 Å². The van der Waals surface area contributed by atoms with Crippen LogP contribution in [0.1, 0.15) is 31.2 Å². The van der Waals surface area contributed by atoms with Crippen molar-refractivity contribution in [1.82, 2.24) is 10.2 Å². The minimum absolute atomic E-state index is 0.0565. The van der Waals surface area contributed by atoms with E-state index in [1.807, 2.05) is 30.0 Å². The Hall–Kier alpha value is -2.04. The molecule has 2 N–H and O–H groups in total. The summed E-state index contributed by atoms with van der Waals surface area (Å²) in [7, 11) is 0. The average molecular weight is 290 g/mol. The molecular formula is C16H22N2O3. The fraction of sp³-hybridized carbons (Fsp3) is 0.500. The van der Waals surface area contributed by atoms with Gasteiger partial charge in [0, 0.05) is 32.0 Å². The van der Waals surface area contributed by atoms with Crippen LogP contribution in [0.2, 0.25) is 0 Å². The molecule has 1 aliphatic heterocycles. The van der Waals surface area contributed by atoms with E-state index in [4.69, 9.17) is 5.11 Å². The van der Waals surface area contributed by atoms with E-state index >= 15 is 0 Å². The molecule has 0 radical (unpaired) electrons. The van der Waals surface area contributed by atoms with Crippen molar-refractivity contribution in [2.24, 2.45) is 5.92 Å². The highest BCUT2D eigenvalue weighted by Crippen LogP contribution is 2.26. The third-order valence-electron chi connectivity index (χ3n) is 3.87. The summed E-state index contributed by atoms with van der Waals surface area (Å²) in [6.45, 7) is 3.70. The van der Waals surface area contributed by atoms with E-state index in [1.165, 1.54) is 5.56 Å². The van der Waals surface area contributed by atoms with Crippen LogP contribution >= 0.6 is 0 Å². The summed E-state index contributed by atoms with van der Waals surface area (Å²) in [4.78, 5) is 24.5. The largest absolute Gasteiger partial charge is 0.481 e. The van der Waals surface area contributed by atoms with Crippen LogP contribution in [0.3, 0.4) is 0 Å². The van der Waals surface area contributed by atoms with Gasteiger partial charge in [-0.05, 0) is 17.9 Å². The highest BCUT2D eigenvalue weighted by molar-refractivity contribution is 5.74. The van der Waals surface area contributed by atoms with Gasteiger partial charge in [0.25, 0.3) is 0 Å². The maximum Gasteiger partial charge on any atom is 0.317 e. The smallest absolute Gasteiger partial charge is 0.317 e. The van der Waals surface area contributed by atoms with Gasteiger partial charge >= 0.3 is 12.0 Å². The highest BCUT2D eigenvalue weighted by Gasteiger charge is 2.27. The van der Waals surface area contributed by atoms with E-state index in [-0.39, 0.29) is 18.4 Å².